The van der Waals surface area contributed by atoms with Crippen molar-refractivity contribution in [1.82, 2.24) is 0 Å². The maximum atomic E-state index is 13.2. The molecule has 7 heteroatoms. The van der Waals surface area contributed by atoms with Crippen molar-refractivity contribution in [3.05, 3.63) is 59.9 Å². The highest BCUT2D eigenvalue weighted by atomic mass is 32.2. The number of carbonyl (C=O) groups excluding carboxylic acids is 3. The lowest BCUT2D eigenvalue weighted by Gasteiger charge is -2.15. The van der Waals surface area contributed by atoms with E-state index in [1.807, 2.05) is 0 Å². The molecule has 1 N–H and O–H groups in total. The monoisotopic (exact) mass is 375 g/mol. The van der Waals surface area contributed by atoms with E-state index in [0.717, 1.165) is 0 Å². The lowest BCUT2D eigenvalue weighted by atomic mass is 10.2. The highest BCUT2D eigenvalue weighted by Gasteiger charge is 2.21. The normalized spacial score (nSPS) is 11.5. The molecule has 2 rings (SSSR count). The summed E-state index contributed by atoms with van der Waals surface area (Å²) in [7, 11) is 0. The number of ether oxygens (including phenoxy) is 1. The zero-order chi connectivity index (χ0) is 19.1. The van der Waals surface area contributed by atoms with Gasteiger partial charge in [0.2, 0.25) is 0 Å². The highest BCUT2D eigenvalue weighted by molar-refractivity contribution is 8.00. The first-order valence-electron chi connectivity index (χ1n) is 7.85. The second-order valence-electron chi connectivity index (χ2n) is 5.53. The zero-order valence-corrected chi connectivity index (χ0v) is 15.1. The smallest absolute Gasteiger partial charge is 0.340 e. The number of benzene rings is 2. The van der Waals surface area contributed by atoms with Crippen LogP contribution in [0.4, 0.5) is 10.1 Å². The van der Waals surface area contributed by atoms with Crippen molar-refractivity contribution in [2.24, 2.45) is 0 Å². The molecule has 0 aliphatic rings. The summed E-state index contributed by atoms with van der Waals surface area (Å²) in [5.41, 5.74) is 0.555. The third-order valence-electron chi connectivity index (χ3n) is 3.28. The Labute approximate surface area is 154 Å². The van der Waals surface area contributed by atoms with Crippen LogP contribution in [-0.2, 0) is 14.3 Å². The van der Waals surface area contributed by atoms with Gasteiger partial charge < -0.3 is 10.1 Å². The summed E-state index contributed by atoms with van der Waals surface area (Å²) in [5, 5.41) is 2.49. The van der Waals surface area contributed by atoms with Crippen LogP contribution in [0.5, 0.6) is 0 Å². The van der Waals surface area contributed by atoms with Gasteiger partial charge in [-0.3, -0.25) is 9.59 Å². The fourth-order valence-electron chi connectivity index (χ4n) is 2.03. The van der Waals surface area contributed by atoms with Crippen molar-refractivity contribution < 1.29 is 23.5 Å². The summed E-state index contributed by atoms with van der Waals surface area (Å²) in [6.45, 7) is 2.89. The van der Waals surface area contributed by atoms with E-state index in [2.05, 4.69) is 5.32 Å². The van der Waals surface area contributed by atoms with Crippen LogP contribution in [0.25, 0.3) is 0 Å². The number of Topliss-reactive ketones (excluding diaryl/α,β-unsaturated/α-hetero) is 1. The summed E-state index contributed by atoms with van der Waals surface area (Å²) < 4.78 is 18.4. The average Bonchev–Trinajstić information content (AvgIpc) is 2.60. The van der Waals surface area contributed by atoms with Crippen molar-refractivity contribution >= 4 is 35.1 Å². The minimum atomic E-state index is -1.07. The fourth-order valence-corrected chi connectivity index (χ4v) is 2.87. The van der Waals surface area contributed by atoms with Crippen LogP contribution in [0, 0.1) is 5.82 Å². The van der Waals surface area contributed by atoms with Crippen LogP contribution in [0.2, 0.25) is 0 Å². The molecule has 0 spiro atoms. The van der Waals surface area contributed by atoms with E-state index in [0.29, 0.717) is 4.90 Å². The number of amides is 1. The van der Waals surface area contributed by atoms with Crippen molar-refractivity contribution in [2.45, 2.75) is 24.8 Å². The molecule has 1 atom stereocenters. The lowest BCUT2D eigenvalue weighted by molar-refractivity contribution is -0.123. The molecule has 1 amide bonds. The summed E-state index contributed by atoms with van der Waals surface area (Å²) in [6, 6.07) is 12.1. The minimum Gasteiger partial charge on any atom is -0.449 e. The maximum Gasteiger partial charge on any atom is 0.340 e. The van der Waals surface area contributed by atoms with Gasteiger partial charge in [0.1, 0.15) is 11.6 Å². The van der Waals surface area contributed by atoms with E-state index in [1.165, 1.54) is 49.9 Å². The van der Waals surface area contributed by atoms with Crippen LogP contribution in [0.3, 0.4) is 0 Å². The Hall–Kier alpha value is -2.67. The van der Waals surface area contributed by atoms with Crippen molar-refractivity contribution in [1.29, 1.82) is 0 Å². The molecular weight excluding hydrogens is 357 g/mol. The van der Waals surface area contributed by atoms with Gasteiger partial charge in [0.25, 0.3) is 5.91 Å². The van der Waals surface area contributed by atoms with E-state index in [-0.39, 0.29) is 22.8 Å². The molecule has 0 fully saturated rings. The molecule has 0 bridgehead atoms. The number of esters is 1. The molecule has 26 heavy (non-hydrogen) atoms. The average molecular weight is 375 g/mol. The lowest BCUT2D eigenvalue weighted by Crippen LogP contribution is -2.30. The SMILES string of the molecule is CC(=O)CSc1ccccc1C(=O)O[C@@H](C)C(=O)Nc1cccc(F)c1. The molecule has 2 aromatic carbocycles. The van der Waals surface area contributed by atoms with Gasteiger partial charge in [0.15, 0.2) is 6.10 Å². The molecule has 136 valence electrons. The van der Waals surface area contributed by atoms with Gasteiger partial charge in [-0.1, -0.05) is 18.2 Å². The Morgan fingerprint density at radius 3 is 2.58 bits per heavy atom. The van der Waals surface area contributed by atoms with E-state index in [9.17, 15) is 18.8 Å². The van der Waals surface area contributed by atoms with E-state index < -0.39 is 23.8 Å². The zero-order valence-electron chi connectivity index (χ0n) is 14.3. The number of nitrogens with one attached hydrogen (secondary N) is 1. The molecule has 5 nitrogen and oxygen atoms in total. The molecule has 0 unspecified atom stereocenters. The number of thioether (sulfide) groups is 1. The van der Waals surface area contributed by atoms with Crippen LogP contribution < -0.4 is 5.32 Å². The van der Waals surface area contributed by atoms with Gasteiger partial charge in [0, 0.05) is 10.6 Å². The molecule has 0 heterocycles. The molecule has 0 aliphatic carbocycles. The molecule has 2 aromatic rings. The van der Waals surface area contributed by atoms with E-state index >= 15 is 0 Å². The molecule has 0 radical (unpaired) electrons. The van der Waals surface area contributed by atoms with Crippen molar-refractivity contribution in [3.63, 3.8) is 0 Å². The number of ketones is 1. The summed E-state index contributed by atoms with van der Waals surface area (Å²) >= 11 is 1.23. The summed E-state index contributed by atoms with van der Waals surface area (Å²) in [5.74, 6) is -1.50. The number of rotatable bonds is 7. The van der Waals surface area contributed by atoms with Crippen LogP contribution >= 0.6 is 11.8 Å². The second kappa shape index (κ2) is 9.15. The third kappa shape index (κ3) is 5.70. The molecule has 0 aliphatic heterocycles. The second-order valence-corrected chi connectivity index (χ2v) is 6.55. The van der Waals surface area contributed by atoms with Gasteiger partial charge in [0.05, 0.1) is 11.3 Å². The Kier molecular flexibility index (Phi) is 6.91. The van der Waals surface area contributed by atoms with Gasteiger partial charge in [-0.2, -0.15) is 0 Å². The minimum absolute atomic E-state index is 0.0130. The number of anilines is 1. The standard InChI is InChI=1S/C19H18FNO4S/c1-12(22)11-26-17-9-4-3-8-16(17)19(24)25-13(2)18(23)21-15-7-5-6-14(20)10-15/h3-10,13H,11H2,1-2H3,(H,21,23)/t13-/m0/s1. The topological polar surface area (TPSA) is 72.5 Å². The van der Waals surface area contributed by atoms with Crippen LogP contribution in [0.15, 0.2) is 53.4 Å². The Morgan fingerprint density at radius 2 is 1.88 bits per heavy atom. The first-order valence-corrected chi connectivity index (χ1v) is 8.84. The number of hydrogen-bond acceptors (Lipinski definition) is 5. The van der Waals surface area contributed by atoms with E-state index in [1.54, 1.807) is 24.3 Å². The van der Waals surface area contributed by atoms with Crippen LogP contribution in [-0.4, -0.2) is 29.5 Å². The van der Waals surface area contributed by atoms with E-state index in [4.69, 9.17) is 4.74 Å². The Bertz CT molecular complexity index is 825. The summed E-state index contributed by atoms with van der Waals surface area (Å²) in [4.78, 5) is 36.2. The number of hydrogen-bond donors (Lipinski definition) is 1. The van der Waals surface area contributed by atoms with Gasteiger partial charge in [-0.15, -0.1) is 11.8 Å². The highest BCUT2D eigenvalue weighted by Crippen LogP contribution is 2.23. The summed E-state index contributed by atoms with van der Waals surface area (Å²) in [6.07, 6.45) is -1.07. The molecular formula is C19H18FNO4S. The van der Waals surface area contributed by atoms with Gasteiger partial charge in [-0.25, -0.2) is 9.18 Å². The predicted molar refractivity (Wildman–Crippen MR) is 97.8 cm³/mol. The van der Waals surface area contributed by atoms with Crippen molar-refractivity contribution in [2.75, 3.05) is 11.1 Å². The third-order valence-corrected chi connectivity index (χ3v) is 4.50. The Balaban J connectivity index is 2.02. The van der Waals surface area contributed by atoms with Crippen LogP contribution in [0.1, 0.15) is 24.2 Å². The largest absolute Gasteiger partial charge is 0.449 e. The number of halogens is 1. The van der Waals surface area contributed by atoms with Gasteiger partial charge >= 0.3 is 5.97 Å². The van der Waals surface area contributed by atoms with Gasteiger partial charge in [-0.05, 0) is 44.2 Å². The van der Waals surface area contributed by atoms with Crippen molar-refractivity contribution in [3.8, 4) is 0 Å². The Morgan fingerprint density at radius 1 is 1.15 bits per heavy atom. The molecule has 0 saturated heterocycles. The first kappa shape index (κ1) is 19.7. The quantitative estimate of drug-likeness (QED) is 0.590. The fraction of sp³-hybridized carbons (Fsp3) is 0.211. The first-order chi connectivity index (χ1) is 12.4. The predicted octanol–water partition coefficient (Wildman–Crippen LogP) is 3.69. The number of carbonyl (C=O) groups is 3. The maximum absolute atomic E-state index is 13.2. The molecule has 0 aromatic heterocycles. The molecule has 0 saturated carbocycles.